The lowest BCUT2D eigenvalue weighted by molar-refractivity contribution is -0.150. The number of nitrogens with zero attached hydrogens (tertiary/aromatic N) is 1. The first-order chi connectivity index (χ1) is 10.1. The van der Waals surface area contributed by atoms with Crippen molar-refractivity contribution in [3.05, 3.63) is 0 Å². The molecular weight excluding hydrogens is 288 g/mol. The molecular formula is C15H24N2O3S. The molecule has 2 N–H and O–H groups in total. The van der Waals surface area contributed by atoms with Gasteiger partial charge in [0.2, 0.25) is 5.91 Å². The first-order valence-electron chi connectivity index (χ1n) is 8.00. The van der Waals surface area contributed by atoms with E-state index in [9.17, 15) is 14.7 Å². The zero-order valence-electron chi connectivity index (χ0n) is 12.5. The zero-order valence-corrected chi connectivity index (χ0v) is 13.3. The fourth-order valence-electron chi connectivity index (χ4n) is 4.04. The van der Waals surface area contributed by atoms with Crippen LogP contribution in [0, 0.1) is 5.92 Å². The second-order valence-electron chi connectivity index (χ2n) is 6.48. The van der Waals surface area contributed by atoms with Crippen LogP contribution in [0.3, 0.4) is 0 Å². The Morgan fingerprint density at radius 2 is 1.95 bits per heavy atom. The van der Waals surface area contributed by atoms with Gasteiger partial charge in [-0.1, -0.05) is 12.8 Å². The van der Waals surface area contributed by atoms with Crippen molar-refractivity contribution in [3.8, 4) is 0 Å². The molecule has 1 saturated carbocycles. The van der Waals surface area contributed by atoms with E-state index in [1.54, 1.807) is 16.7 Å². The van der Waals surface area contributed by atoms with E-state index in [2.05, 4.69) is 5.32 Å². The molecule has 5 unspecified atom stereocenters. The lowest BCUT2D eigenvalue weighted by Crippen LogP contribution is -2.58. The molecule has 2 heterocycles. The lowest BCUT2D eigenvalue weighted by Gasteiger charge is -2.41. The van der Waals surface area contributed by atoms with Crippen LogP contribution in [0.15, 0.2) is 0 Å². The van der Waals surface area contributed by atoms with Gasteiger partial charge in [-0.3, -0.25) is 4.79 Å². The van der Waals surface area contributed by atoms with Crippen molar-refractivity contribution in [2.75, 3.05) is 5.75 Å². The first kappa shape index (κ1) is 15.2. The number of amides is 1. The van der Waals surface area contributed by atoms with Crippen molar-refractivity contribution in [3.63, 3.8) is 0 Å². The molecule has 1 aliphatic carbocycles. The fraction of sp³-hybridized carbons (Fsp3) is 0.867. The third-order valence-electron chi connectivity index (χ3n) is 5.21. The molecule has 118 valence electrons. The minimum absolute atomic E-state index is 0.0103. The first-order valence-corrected chi connectivity index (χ1v) is 9.05. The SMILES string of the molecule is CC1SCC(C(=O)O)N1C(=O)C1CCC2CCCCC2N1. The van der Waals surface area contributed by atoms with E-state index in [0.717, 1.165) is 19.3 Å². The summed E-state index contributed by atoms with van der Waals surface area (Å²) in [5.74, 6) is 0.319. The summed E-state index contributed by atoms with van der Waals surface area (Å²) in [7, 11) is 0. The number of nitrogens with one attached hydrogen (secondary N) is 1. The van der Waals surface area contributed by atoms with Crippen molar-refractivity contribution in [2.45, 2.75) is 68.9 Å². The second kappa shape index (κ2) is 6.16. The summed E-state index contributed by atoms with van der Waals surface area (Å²) < 4.78 is 0. The van der Waals surface area contributed by atoms with Crippen LogP contribution in [0.25, 0.3) is 0 Å². The van der Waals surface area contributed by atoms with E-state index in [1.807, 2.05) is 6.92 Å². The second-order valence-corrected chi connectivity index (χ2v) is 7.83. The number of piperidine rings is 1. The third-order valence-corrected chi connectivity index (χ3v) is 6.43. The summed E-state index contributed by atoms with van der Waals surface area (Å²) >= 11 is 1.55. The third kappa shape index (κ3) is 2.93. The van der Waals surface area contributed by atoms with Gasteiger partial charge in [-0.15, -0.1) is 11.8 Å². The Morgan fingerprint density at radius 1 is 1.19 bits per heavy atom. The number of fused-ring (bicyclic) bond motifs is 1. The highest BCUT2D eigenvalue weighted by Gasteiger charge is 2.44. The summed E-state index contributed by atoms with van der Waals surface area (Å²) in [6.07, 6.45) is 6.92. The number of hydrogen-bond acceptors (Lipinski definition) is 4. The molecule has 1 amide bonds. The Hall–Kier alpha value is -0.750. The molecule has 5 nitrogen and oxygen atoms in total. The Bertz CT molecular complexity index is 431. The summed E-state index contributed by atoms with van der Waals surface area (Å²) in [6, 6.07) is -0.397. The van der Waals surface area contributed by atoms with Gasteiger partial charge in [0.25, 0.3) is 0 Å². The van der Waals surface area contributed by atoms with Gasteiger partial charge in [-0.05, 0) is 38.5 Å². The zero-order chi connectivity index (χ0) is 15.0. The predicted molar refractivity (Wildman–Crippen MR) is 82.1 cm³/mol. The highest BCUT2D eigenvalue weighted by molar-refractivity contribution is 8.00. The van der Waals surface area contributed by atoms with Crippen LogP contribution in [0.1, 0.15) is 45.4 Å². The minimum atomic E-state index is -0.883. The molecule has 3 aliphatic rings. The number of carbonyl (C=O) groups is 2. The van der Waals surface area contributed by atoms with E-state index in [4.69, 9.17) is 0 Å². The molecule has 0 aromatic carbocycles. The summed E-state index contributed by atoms with van der Waals surface area (Å²) in [5, 5.41) is 12.8. The molecule has 0 bridgehead atoms. The summed E-state index contributed by atoms with van der Waals surface area (Å²) in [5.41, 5.74) is 0. The standard InChI is InChI=1S/C15H24N2O3S/c1-9-17(13(8-21-9)15(19)20)14(18)12-7-6-10-4-2-3-5-11(10)16-12/h9-13,16H,2-8H2,1H3,(H,19,20). The van der Waals surface area contributed by atoms with Crippen LogP contribution in [-0.4, -0.2) is 51.1 Å². The molecule has 0 spiro atoms. The number of thioether (sulfide) groups is 1. The Labute approximate surface area is 129 Å². The van der Waals surface area contributed by atoms with Crippen molar-refractivity contribution < 1.29 is 14.7 Å². The Kier molecular flexibility index (Phi) is 4.45. The average molecular weight is 312 g/mol. The number of carbonyl (C=O) groups excluding carboxylic acids is 1. The maximum Gasteiger partial charge on any atom is 0.327 e. The number of hydrogen-bond donors (Lipinski definition) is 2. The largest absolute Gasteiger partial charge is 0.480 e. The molecule has 2 saturated heterocycles. The van der Waals surface area contributed by atoms with E-state index in [1.165, 1.54) is 19.3 Å². The maximum atomic E-state index is 12.8. The fourth-order valence-corrected chi connectivity index (χ4v) is 5.21. The quantitative estimate of drug-likeness (QED) is 0.812. The van der Waals surface area contributed by atoms with Gasteiger partial charge in [0.05, 0.1) is 11.4 Å². The van der Waals surface area contributed by atoms with Gasteiger partial charge >= 0.3 is 5.97 Å². The van der Waals surface area contributed by atoms with Crippen LogP contribution in [0.5, 0.6) is 0 Å². The maximum absolute atomic E-state index is 12.8. The topological polar surface area (TPSA) is 69.6 Å². The number of carboxylic acids is 1. The summed E-state index contributed by atoms with van der Waals surface area (Å²) in [6.45, 7) is 1.93. The number of carboxylic acid groups (broad SMARTS) is 1. The van der Waals surface area contributed by atoms with Gasteiger partial charge in [0.15, 0.2) is 0 Å². The molecule has 21 heavy (non-hydrogen) atoms. The van der Waals surface area contributed by atoms with Crippen LogP contribution in [0.4, 0.5) is 0 Å². The van der Waals surface area contributed by atoms with Gasteiger partial charge < -0.3 is 15.3 Å². The van der Waals surface area contributed by atoms with Crippen molar-refractivity contribution in [1.82, 2.24) is 10.2 Å². The lowest BCUT2D eigenvalue weighted by atomic mass is 9.77. The molecule has 3 rings (SSSR count). The van der Waals surface area contributed by atoms with Crippen molar-refractivity contribution in [2.24, 2.45) is 5.92 Å². The highest BCUT2D eigenvalue weighted by Crippen LogP contribution is 2.35. The summed E-state index contributed by atoms with van der Waals surface area (Å²) in [4.78, 5) is 25.7. The van der Waals surface area contributed by atoms with Gasteiger partial charge in [-0.2, -0.15) is 0 Å². The smallest absolute Gasteiger partial charge is 0.327 e. The van der Waals surface area contributed by atoms with Crippen LogP contribution in [0.2, 0.25) is 0 Å². The van der Waals surface area contributed by atoms with Crippen LogP contribution < -0.4 is 5.32 Å². The minimum Gasteiger partial charge on any atom is -0.480 e. The number of aliphatic carboxylic acids is 1. The molecule has 0 aromatic rings. The average Bonchev–Trinajstić information content (AvgIpc) is 2.88. The Morgan fingerprint density at radius 3 is 2.71 bits per heavy atom. The molecule has 6 heteroatoms. The van der Waals surface area contributed by atoms with Gasteiger partial charge in [-0.25, -0.2) is 4.79 Å². The predicted octanol–water partition coefficient (Wildman–Crippen LogP) is 1.67. The van der Waals surface area contributed by atoms with Crippen molar-refractivity contribution >= 4 is 23.6 Å². The molecule has 3 fully saturated rings. The van der Waals surface area contributed by atoms with E-state index >= 15 is 0 Å². The monoisotopic (exact) mass is 312 g/mol. The van der Waals surface area contributed by atoms with E-state index in [0.29, 0.717) is 17.7 Å². The van der Waals surface area contributed by atoms with Crippen molar-refractivity contribution in [1.29, 1.82) is 0 Å². The Balaban J connectivity index is 1.68. The van der Waals surface area contributed by atoms with E-state index < -0.39 is 12.0 Å². The number of rotatable bonds is 2. The van der Waals surface area contributed by atoms with Gasteiger partial charge in [0.1, 0.15) is 6.04 Å². The van der Waals surface area contributed by atoms with Gasteiger partial charge in [0, 0.05) is 11.8 Å². The van der Waals surface area contributed by atoms with Crippen LogP contribution >= 0.6 is 11.8 Å². The normalized spacial score (nSPS) is 39.9. The van der Waals surface area contributed by atoms with Crippen LogP contribution in [-0.2, 0) is 9.59 Å². The molecule has 5 atom stereocenters. The molecule has 0 aromatic heterocycles. The molecule has 2 aliphatic heterocycles. The highest BCUT2D eigenvalue weighted by atomic mass is 32.2. The molecule has 0 radical (unpaired) electrons. The van der Waals surface area contributed by atoms with E-state index in [-0.39, 0.29) is 17.3 Å².